The van der Waals surface area contributed by atoms with Gasteiger partial charge in [-0.2, -0.15) is 5.10 Å². The summed E-state index contributed by atoms with van der Waals surface area (Å²) in [6.45, 7) is 6.59. The van der Waals surface area contributed by atoms with Crippen LogP contribution in [0.3, 0.4) is 0 Å². The molecule has 2 unspecified atom stereocenters. The summed E-state index contributed by atoms with van der Waals surface area (Å²) in [5, 5.41) is 20.4. The number of nitrogens with zero attached hydrogens (tertiary/aromatic N) is 1. The van der Waals surface area contributed by atoms with Gasteiger partial charge in [-0.3, -0.25) is 9.59 Å². The van der Waals surface area contributed by atoms with Gasteiger partial charge in [-0.15, -0.1) is 0 Å². The number of benzene rings is 2. The Balaban J connectivity index is 1.35. The Bertz CT molecular complexity index is 1010. The SMILES string of the molecule is CC1CC(=O)NN=C1c1ccc(OCC(=O)NCC(C)(C)NCC(O)COc2ccccc2)cc1. The van der Waals surface area contributed by atoms with Crippen LogP contribution in [0.15, 0.2) is 59.7 Å². The van der Waals surface area contributed by atoms with Gasteiger partial charge in [0.1, 0.15) is 24.2 Å². The second-order valence-corrected chi connectivity index (χ2v) is 9.27. The summed E-state index contributed by atoms with van der Waals surface area (Å²) >= 11 is 0. The molecule has 0 bridgehead atoms. The van der Waals surface area contributed by atoms with Crippen LogP contribution in [0.4, 0.5) is 0 Å². The minimum absolute atomic E-state index is 0.0377. The monoisotopic (exact) mass is 482 g/mol. The van der Waals surface area contributed by atoms with Crippen molar-refractivity contribution in [2.75, 3.05) is 26.3 Å². The Morgan fingerprint density at radius 1 is 1.14 bits per heavy atom. The van der Waals surface area contributed by atoms with Gasteiger partial charge in [0.05, 0.1) is 5.71 Å². The van der Waals surface area contributed by atoms with E-state index in [9.17, 15) is 14.7 Å². The quantitative estimate of drug-likeness (QED) is 0.366. The molecule has 9 nitrogen and oxygen atoms in total. The fourth-order valence-electron chi connectivity index (χ4n) is 3.47. The molecule has 2 aromatic rings. The standard InChI is InChI=1S/C26H34N4O5/c1-18-13-23(32)29-30-25(18)19-9-11-22(12-10-19)35-16-24(33)27-17-26(2,3)28-14-20(31)15-34-21-7-5-4-6-8-21/h4-12,18,20,28,31H,13-17H2,1-3H3,(H,27,33)(H,29,32). The number of aliphatic hydroxyl groups excluding tert-OH is 1. The van der Waals surface area contributed by atoms with Crippen LogP contribution in [0.25, 0.3) is 0 Å². The lowest BCUT2D eigenvalue weighted by Crippen LogP contribution is -2.52. The van der Waals surface area contributed by atoms with E-state index in [0.717, 1.165) is 11.3 Å². The first kappa shape index (κ1) is 26.2. The molecule has 0 saturated heterocycles. The van der Waals surface area contributed by atoms with E-state index in [0.29, 0.717) is 31.0 Å². The molecule has 0 aromatic heterocycles. The number of aliphatic hydroxyl groups is 1. The Labute approximate surface area is 205 Å². The van der Waals surface area contributed by atoms with E-state index in [2.05, 4.69) is 21.2 Å². The van der Waals surface area contributed by atoms with Gasteiger partial charge in [0, 0.05) is 31.0 Å². The third-order valence-electron chi connectivity index (χ3n) is 5.51. The average molecular weight is 483 g/mol. The highest BCUT2D eigenvalue weighted by Crippen LogP contribution is 2.19. The number of hydrogen-bond donors (Lipinski definition) is 4. The van der Waals surface area contributed by atoms with Gasteiger partial charge in [-0.05, 0) is 55.8 Å². The Morgan fingerprint density at radius 2 is 1.83 bits per heavy atom. The Kier molecular flexibility index (Phi) is 9.22. The zero-order valence-electron chi connectivity index (χ0n) is 20.4. The lowest BCUT2D eigenvalue weighted by Gasteiger charge is -2.28. The zero-order chi connectivity index (χ0) is 25.3. The first-order valence-corrected chi connectivity index (χ1v) is 11.7. The van der Waals surface area contributed by atoms with Gasteiger partial charge in [0.15, 0.2) is 6.61 Å². The summed E-state index contributed by atoms with van der Waals surface area (Å²) in [7, 11) is 0. The highest BCUT2D eigenvalue weighted by molar-refractivity contribution is 6.05. The third-order valence-corrected chi connectivity index (χ3v) is 5.51. The molecule has 188 valence electrons. The number of ether oxygens (including phenoxy) is 2. The molecular formula is C26H34N4O5. The van der Waals surface area contributed by atoms with E-state index in [1.807, 2.05) is 63.2 Å². The highest BCUT2D eigenvalue weighted by Gasteiger charge is 2.22. The van der Waals surface area contributed by atoms with Crippen LogP contribution >= 0.6 is 0 Å². The first-order valence-electron chi connectivity index (χ1n) is 11.7. The molecule has 2 amide bonds. The van der Waals surface area contributed by atoms with Gasteiger partial charge >= 0.3 is 0 Å². The van der Waals surface area contributed by atoms with Gasteiger partial charge < -0.3 is 25.2 Å². The van der Waals surface area contributed by atoms with E-state index in [-0.39, 0.29) is 30.9 Å². The largest absolute Gasteiger partial charge is 0.491 e. The molecule has 9 heteroatoms. The van der Waals surface area contributed by atoms with Gasteiger partial charge in [0.2, 0.25) is 5.91 Å². The Hall–Kier alpha value is -3.43. The van der Waals surface area contributed by atoms with Crippen molar-refractivity contribution in [3.8, 4) is 11.5 Å². The first-order chi connectivity index (χ1) is 16.7. The zero-order valence-corrected chi connectivity index (χ0v) is 20.4. The number of hydrazone groups is 1. The number of β-amino-alcohol motifs (C(OH)–C–C–N with tert-alkyl or cyclic N) is 1. The molecule has 2 atom stereocenters. The lowest BCUT2D eigenvalue weighted by atomic mass is 9.94. The topological polar surface area (TPSA) is 121 Å². The minimum Gasteiger partial charge on any atom is -0.491 e. The molecule has 0 aliphatic carbocycles. The molecular weight excluding hydrogens is 448 g/mol. The number of hydrogen-bond acceptors (Lipinski definition) is 7. The van der Waals surface area contributed by atoms with Crippen LogP contribution in [0.1, 0.15) is 32.8 Å². The van der Waals surface area contributed by atoms with Crippen molar-refractivity contribution < 1.29 is 24.2 Å². The normalized spacial score (nSPS) is 16.6. The second kappa shape index (κ2) is 12.3. The van der Waals surface area contributed by atoms with Crippen molar-refractivity contribution in [2.24, 2.45) is 11.0 Å². The fraction of sp³-hybridized carbons (Fsp3) is 0.423. The van der Waals surface area contributed by atoms with Crippen LogP contribution in [0, 0.1) is 5.92 Å². The summed E-state index contributed by atoms with van der Waals surface area (Å²) in [5.74, 6) is 0.980. The summed E-state index contributed by atoms with van der Waals surface area (Å²) in [6.07, 6.45) is -0.279. The molecule has 1 heterocycles. The maximum atomic E-state index is 12.3. The number of carbonyl (C=O) groups is 2. The summed E-state index contributed by atoms with van der Waals surface area (Å²) in [6, 6.07) is 16.6. The molecule has 0 saturated carbocycles. The van der Waals surface area contributed by atoms with E-state index >= 15 is 0 Å². The minimum atomic E-state index is -0.685. The van der Waals surface area contributed by atoms with E-state index < -0.39 is 11.6 Å². The van der Waals surface area contributed by atoms with Gasteiger partial charge in [0.25, 0.3) is 5.91 Å². The molecule has 35 heavy (non-hydrogen) atoms. The summed E-state index contributed by atoms with van der Waals surface area (Å²) in [4.78, 5) is 23.7. The molecule has 4 N–H and O–H groups in total. The molecule has 0 fully saturated rings. The molecule has 3 rings (SSSR count). The van der Waals surface area contributed by atoms with Crippen molar-refractivity contribution in [2.45, 2.75) is 38.8 Å². The predicted molar refractivity (Wildman–Crippen MR) is 133 cm³/mol. The fourth-order valence-corrected chi connectivity index (χ4v) is 3.47. The molecule has 2 aromatic carbocycles. The molecule has 0 radical (unpaired) electrons. The average Bonchev–Trinajstić information content (AvgIpc) is 2.85. The van der Waals surface area contributed by atoms with Crippen molar-refractivity contribution in [1.82, 2.24) is 16.1 Å². The summed E-state index contributed by atoms with van der Waals surface area (Å²) in [5.41, 5.74) is 3.80. The van der Waals surface area contributed by atoms with E-state index in [4.69, 9.17) is 9.47 Å². The van der Waals surface area contributed by atoms with Crippen LogP contribution in [-0.4, -0.2) is 60.6 Å². The van der Waals surface area contributed by atoms with E-state index in [1.54, 1.807) is 12.1 Å². The van der Waals surface area contributed by atoms with Crippen molar-refractivity contribution >= 4 is 17.5 Å². The molecule has 1 aliphatic heterocycles. The van der Waals surface area contributed by atoms with Crippen LogP contribution in [-0.2, 0) is 9.59 Å². The summed E-state index contributed by atoms with van der Waals surface area (Å²) < 4.78 is 11.1. The number of rotatable bonds is 12. The third kappa shape index (κ3) is 8.70. The van der Waals surface area contributed by atoms with Crippen LogP contribution in [0.5, 0.6) is 11.5 Å². The van der Waals surface area contributed by atoms with Gasteiger partial charge in [-0.25, -0.2) is 5.43 Å². The van der Waals surface area contributed by atoms with Gasteiger partial charge in [-0.1, -0.05) is 25.1 Å². The highest BCUT2D eigenvalue weighted by atomic mass is 16.5. The smallest absolute Gasteiger partial charge is 0.258 e. The number of carbonyl (C=O) groups excluding carboxylic acids is 2. The number of nitrogens with one attached hydrogen (secondary N) is 3. The molecule has 1 aliphatic rings. The van der Waals surface area contributed by atoms with E-state index in [1.165, 1.54) is 0 Å². The predicted octanol–water partition coefficient (Wildman–Crippen LogP) is 1.85. The second-order valence-electron chi connectivity index (χ2n) is 9.27. The van der Waals surface area contributed by atoms with Crippen molar-refractivity contribution in [1.29, 1.82) is 0 Å². The van der Waals surface area contributed by atoms with Crippen molar-refractivity contribution in [3.05, 3.63) is 60.2 Å². The maximum absolute atomic E-state index is 12.3. The lowest BCUT2D eigenvalue weighted by molar-refractivity contribution is -0.123. The number of amides is 2. The van der Waals surface area contributed by atoms with Crippen LogP contribution in [0.2, 0.25) is 0 Å². The number of para-hydroxylation sites is 1. The van der Waals surface area contributed by atoms with Crippen molar-refractivity contribution in [3.63, 3.8) is 0 Å². The van der Waals surface area contributed by atoms with Crippen LogP contribution < -0.4 is 25.5 Å². The maximum Gasteiger partial charge on any atom is 0.258 e. The Morgan fingerprint density at radius 3 is 2.51 bits per heavy atom. The molecule has 0 spiro atoms.